The molecule has 0 fully saturated rings. The summed E-state index contributed by atoms with van der Waals surface area (Å²) < 4.78 is 5.26. The maximum atomic E-state index is 12.5. The zero-order valence-electron chi connectivity index (χ0n) is 16.6. The quantitative estimate of drug-likeness (QED) is 0.497. The first-order valence-electron chi connectivity index (χ1n) is 9.48. The number of nitrogens with one attached hydrogen (secondary N) is 1. The molecule has 7 heteroatoms. The summed E-state index contributed by atoms with van der Waals surface area (Å²) in [6.07, 6.45) is 0. The normalized spacial score (nSPS) is 10.7. The van der Waals surface area contributed by atoms with Crippen molar-refractivity contribution >= 4 is 11.6 Å². The number of hydrogen-bond donors (Lipinski definition) is 1. The first kappa shape index (κ1) is 21.4. The lowest BCUT2D eigenvalue weighted by Gasteiger charge is -2.20. The number of nitro benzene ring substituents is 1. The van der Waals surface area contributed by atoms with Crippen molar-refractivity contribution in [2.75, 3.05) is 19.7 Å². The molecule has 1 N–H and O–H groups in total. The van der Waals surface area contributed by atoms with E-state index in [9.17, 15) is 14.9 Å². The minimum atomic E-state index is -0.541. The van der Waals surface area contributed by atoms with Crippen LogP contribution in [0.1, 0.15) is 42.3 Å². The Morgan fingerprint density at radius 3 is 2.39 bits per heavy atom. The highest BCUT2D eigenvalue weighted by Gasteiger charge is 2.18. The zero-order chi connectivity index (χ0) is 20.5. The Labute approximate surface area is 165 Å². The van der Waals surface area contributed by atoms with Gasteiger partial charge in [-0.1, -0.05) is 38.1 Å². The van der Waals surface area contributed by atoms with Crippen molar-refractivity contribution in [1.82, 2.24) is 10.2 Å². The van der Waals surface area contributed by atoms with E-state index < -0.39 is 4.92 Å². The summed E-state index contributed by atoms with van der Waals surface area (Å²) in [5, 5.41) is 14.1. The van der Waals surface area contributed by atoms with E-state index >= 15 is 0 Å². The molecule has 2 aromatic carbocycles. The van der Waals surface area contributed by atoms with Crippen LogP contribution in [0.3, 0.4) is 0 Å². The van der Waals surface area contributed by atoms with Gasteiger partial charge < -0.3 is 10.1 Å². The van der Waals surface area contributed by atoms with Crippen molar-refractivity contribution < 1.29 is 14.5 Å². The van der Waals surface area contributed by atoms with Gasteiger partial charge in [0.2, 0.25) is 0 Å². The Hall–Kier alpha value is -2.93. The van der Waals surface area contributed by atoms with E-state index in [1.165, 1.54) is 18.2 Å². The summed E-state index contributed by atoms with van der Waals surface area (Å²) in [5.41, 5.74) is 2.21. The van der Waals surface area contributed by atoms with Gasteiger partial charge in [-0.25, -0.2) is 0 Å². The second kappa shape index (κ2) is 10.4. The predicted octanol–water partition coefficient (Wildman–Crippen LogP) is 3.77. The molecule has 28 heavy (non-hydrogen) atoms. The monoisotopic (exact) mass is 385 g/mol. The lowest BCUT2D eigenvalue weighted by molar-refractivity contribution is -0.385. The van der Waals surface area contributed by atoms with Crippen LogP contribution in [0.15, 0.2) is 42.5 Å². The van der Waals surface area contributed by atoms with Crippen molar-refractivity contribution in [3.05, 3.63) is 69.3 Å². The number of amides is 1. The smallest absolute Gasteiger partial charge is 0.311 e. The van der Waals surface area contributed by atoms with E-state index in [1.807, 2.05) is 18.2 Å². The van der Waals surface area contributed by atoms with Crippen molar-refractivity contribution in [1.29, 1.82) is 0 Å². The fourth-order valence-electron chi connectivity index (χ4n) is 2.93. The molecule has 0 saturated carbocycles. The molecule has 1 amide bonds. The molecule has 2 aromatic rings. The van der Waals surface area contributed by atoms with Crippen molar-refractivity contribution in [2.24, 2.45) is 0 Å². The summed E-state index contributed by atoms with van der Waals surface area (Å²) in [6, 6.07) is 12.2. The third kappa shape index (κ3) is 5.53. The lowest BCUT2D eigenvalue weighted by Crippen LogP contribution is -2.26. The van der Waals surface area contributed by atoms with E-state index in [2.05, 4.69) is 30.1 Å². The SMILES string of the molecule is CCOc1ccc(C(=O)NCc2ccccc2CN(CC)CC)cc1[N+](=O)[O-]. The molecule has 0 aliphatic rings. The van der Waals surface area contributed by atoms with E-state index in [1.54, 1.807) is 6.92 Å². The van der Waals surface area contributed by atoms with Gasteiger partial charge in [-0.05, 0) is 43.3 Å². The van der Waals surface area contributed by atoms with Gasteiger partial charge in [0.15, 0.2) is 5.75 Å². The lowest BCUT2D eigenvalue weighted by atomic mass is 10.1. The number of nitrogens with zero attached hydrogens (tertiary/aromatic N) is 2. The molecule has 7 nitrogen and oxygen atoms in total. The van der Waals surface area contributed by atoms with E-state index in [-0.39, 0.29) is 22.9 Å². The van der Waals surface area contributed by atoms with E-state index in [0.29, 0.717) is 13.2 Å². The topological polar surface area (TPSA) is 84.7 Å². The largest absolute Gasteiger partial charge is 0.487 e. The highest BCUT2D eigenvalue weighted by Crippen LogP contribution is 2.28. The maximum absolute atomic E-state index is 12.5. The standard InChI is InChI=1S/C21H27N3O4/c1-4-23(5-2)15-18-10-8-7-9-17(18)14-22-21(25)16-11-12-20(28-6-3)19(13-16)24(26)27/h7-13H,4-6,14-15H2,1-3H3,(H,22,25). The number of carbonyl (C=O) groups is 1. The first-order chi connectivity index (χ1) is 13.5. The van der Waals surface area contributed by atoms with Gasteiger partial charge in [0.25, 0.3) is 5.91 Å². The third-order valence-electron chi connectivity index (χ3n) is 4.56. The second-order valence-electron chi connectivity index (χ2n) is 6.29. The molecule has 0 aliphatic heterocycles. The number of carbonyl (C=O) groups excluding carboxylic acids is 1. The van der Waals surface area contributed by atoms with Crippen molar-refractivity contribution in [3.63, 3.8) is 0 Å². The summed E-state index contributed by atoms with van der Waals surface area (Å²) in [7, 11) is 0. The average molecular weight is 385 g/mol. The van der Waals surface area contributed by atoms with Gasteiger partial charge >= 0.3 is 5.69 Å². The Bertz CT molecular complexity index is 819. The van der Waals surface area contributed by atoms with Gasteiger partial charge in [0, 0.05) is 24.7 Å². The number of nitro groups is 1. The molecule has 0 aliphatic carbocycles. The van der Waals surface area contributed by atoms with Gasteiger partial charge in [0.1, 0.15) is 0 Å². The van der Waals surface area contributed by atoms with Crippen LogP contribution in [0.25, 0.3) is 0 Å². The zero-order valence-corrected chi connectivity index (χ0v) is 16.6. The van der Waals surface area contributed by atoms with Crippen LogP contribution in [0.4, 0.5) is 5.69 Å². The molecule has 0 heterocycles. The molecule has 0 atom stereocenters. The van der Waals surface area contributed by atoms with Gasteiger partial charge in [0.05, 0.1) is 11.5 Å². The van der Waals surface area contributed by atoms with Gasteiger partial charge in [-0.2, -0.15) is 0 Å². The molecule has 0 saturated heterocycles. The Morgan fingerprint density at radius 1 is 1.11 bits per heavy atom. The Morgan fingerprint density at radius 2 is 1.79 bits per heavy atom. The van der Waals surface area contributed by atoms with E-state index in [4.69, 9.17) is 4.74 Å². The number of ether oxygens (including phenoxy) is 1. The van der Waals surface area contributed by atoms with Crippen LogP contribution in [0.5, 0.6) is 5.75 Å². The average Bonchev–Trinajstić information content (AvgIpc) is 2.71. The summed E-state index contributed by atoms with van der Waals surface area (Å²) in [5.74, 6) is -0.197. The summed E-state index contributed by atoms with van der Waals surface area (Å²) in [6.45, 7) is 9.38. The molecule has 2 rings (SSSR count). The van der Waals surface area contributed by atoms with E-state index in [0.717, 1.165) is 30.8 Å². The molecule has 0 spiro atoms. The molecule has 0 aromatic heterocycles. The second-order valence-corrected chi connectivity index (χ2v) is 6.29. The van der Waals surface area contributed by atoms with Crippen LogP contribution < -0.4 is 10.1 Å². The minimum absolute atomic E-state index is 0.161. The van der Waals surface area contributed by atoms with Gasteiger partial charge in [-0.3, -0.25) is 19.8 Å². The van der Waals surface area contributed by atoms with Gasteiger partial charge in [-0.15, -0.1) is 0 Å². The van der Waals surface area contributed by atoms with Crippen LogP contribution >= 0.6 is 0 Å². The maximum Gasteiger partial charge on any atom is 0.311 e. The number of hydrogen-bond acceptors (Lipinski definition) is 5. The molecular formula is C21H27N3O4. The molecule has 0 bridgehead atoms. The molecule has 0 radical (unpaired) electrons. The number of rotatable bonds is 10. The molecule has 150 valence electrons. The van der Waals surface area contributed by atoms with Crippen molar-refractivity contribution in [3.8, 4) is 5.75 Å². The summed E-state index contributed by atoms with van der Waals surface area (Å²) in [4.78, 5) is 25.5. The van der Waals surface area contributed by atoms with Crippen LogP contribution in [0.2, 0.25) is 0 Å². The first-order valence-corrected chi connectivity index (χ1v) is 9.48. The Balaban J connectivity index is 2.12. The highest BCUT2D eigenvalue weighted by atomic mass is 16.6. The third-order valence-corrected chi connectivity index (χ3v) is 4.56. The van der Waals surface area contributed by atoms with Crippen LogP contribution in [-0.4, -0.2) is 35.4 Å². The highest BCUT2D eigenvalue weighted by molar-refractivity contribution is 5.95. The molecular weight excluding hydrogens is 358 g/mol. The molecule has 0 unspecified atom stereocenters. The minimum Gasteiger partial charge on any atom is -0.487 e. The Kier molecular flexibility index (Phi) is 7.95. The predicted molar refractivity (Wildman–Crippen MR) is 109 cm³/mol. The fraction of sp³-hybridized carbons (Fsp3) is 0.381. The fourth-order valence-corrected chi connectivity index (χ4v) is 2.93. The number of benzene rings is 2. The van der Waals surface area contributed by atoms with Crippen LogP contribution in [-0.2, 0) is 13.1 Å². The van der Waals surface area contributed by atoms with Crippen LogP contribution in [0, 0.1) is 10.1 Å². The summed E-state index contributed by atoms with van der Waals surface area (Å²) >= 11 is 0. The van der Waals surface area contributed by atoms with Crippen molar-refractivity contribution in [2.45, 2.75) is 33.9 Å².